The Morgan fingerprint density at radius 1 is 1.19 bits per heavy atom. The number of fused-ring (bicyclic) bond motifs is 1. The maximum atomic E-state index is 12.8. The number of benzene rings is 1. The second-order valence-electron chi connectivity index (χ2n) is 7.23. The highest BCUT2D eigenvalue weighted by molar-refractivity contribution is 5.94. The Morgan fingerprint density at radius 2 is 1.90 bits per heavy atom. The Bertz CT molecular complexity index is 515. The molecule has 1 saturated carbocycles. The molecular formula is C18H25NO2. The summed E-state index contributed by atoms with van der Waals surface area (Å²) in [6.45, 7) is 7.97. The van der Waals surface area contributed by atoms with E-state index in [1.54, 1.807) is 0 Å². The summed E-state index contributed by atoms with van der Waals surface area (Å²) in [4.78, 5) is 14.8. The average molecular weight is 287 g/mol. The molecule has 1 aliphatic carbocycles. The number of amides is 1. The van der Waals surface area contributed by atoms with E-state index in [4.69, 9.17) is 4.74 Å². The van der Waals surface area contributed by atoms with Crippen molar-refractivity contribution in [1.82, 2.24) is 4.90 Å². The molecule has 1 heterocycles. The molecule has 0 bridgehead atoms. The van der Waals surface area contributed by atoms with Crippen LogP contribution in [0.15, 0.2) is 24.3 Å². The van der Waals surface area contributed by atoms with E-state index in [0.717, 1.165) is 24.9 Å². The summed E-state index contributed by atoms with van der Waals surface area (Å²) in [5.41, 5.74) is 2.19. The highest BCUT2D eigenvalue weighted by Gasteiger charge is 2.38. The van der Waals surface area contributed by atoms with E-state index in [0.29, 0.717) is 6.61 Å². The molecule has 0 aromatic heterocycles. The van der Waals surface area contributed by atoms with E-state index in [9.17, 15) is 4.79 Å². The Hall–Kier alpha value is -1.35. The number of hydrogen-bond acceptors (Lipinski definition) is 2. The van der Waals surface area contributed by atoms with E-state index in [-0.39, 0.29) is 23.5 Å². The van der Waals surface area contributed by atoms with Gasteiger partial charge in [0.15, 0.2) is 0 Å². The fourth-order valence-electron chi connectivity index (χ4n) is 3.46. The third-order valence-corrected chi connectivity index (χ3v) is 4.74. The van der Waals surface area contributed by atoms with Crippen LogP contribution in [0.2, 0.25) is 0 Å². The van der Waals surface area contributed by atoms with Gasteiger partial charge < -0.3 is 9.64 Å². The quantitative estimate of drug-likeness (QED) is 0.792. The molecule has 0 radical (unpaired) electrons. The minimum absolute atomic E-state index is 0.122. The lowest BCUT2D eigenvalue weighted by atomic mass is 9.86. The highest BCUT2D eigenvalue weighted by Crippen LogP contribution is 2.31. The monoisotopic (exact) mass is 287 g/mol. The molecule has 3 heteroatoms. The predicted molar refractivity (Wildman–Crippen MR) is 83.6 cm³/mol. The molecule has 0 unspecified atom stereocenters. The third-order valence-electron chi connectivity index (χ3n) is 4.74. The molecule has 2 atom stereocenters. The molecule has 0 N–H and O–H groups in total. The predicted octanol–water partition coefficient (Wildman–Crippen LogP) is 3.38. The van der Waals surface area contributed by atoms with Crippen molar-refractivity contribution in [3.63, 3.8) is 0 Å². The van der Waals surface area contributed by atoms with Crippen LogP contribution in [0.25, 0.3) is 0 Å². The Kier molecular flexibility index (Phi) is 3.78. The van der Waals surface area contributed by atoms with E-state index in [1.165, 1.54) is 12.0 Å². The van der Waals surface area contributed by atoms with Crippen molar-refractivity contribution in [1.29, 1.82) is 0 Å². The fraction of sp³-hybridized carbons (Fsp3) is 0.611. The van der Waals surface area contributed by atoms with Crippen LogP contribution in [-0.2, 0) is 10.2 Å². The zero-order chi connectivity index (χ0) is 15.0. The third kappa shape index (κ3) is 2.84. The van der Waals surface area contributed by atoms with Crippen molar-refractivity contribution < 1.29 is 9.53 Å². The molecule has 21 heavy (non-hydrogen) atoms. The zero-order valence-corrected chi connectivity index (χ0v) is 13.3. The van der Waals surface area contributed by atoms with E-state index in [2.05, 4.69) is 32.9 Å². The van der Waals surface area contributed by atoms with Gasteiger partial charge in [0.05, 0.1) is 18.8 Å². The Morgan fingerprint density at radius 3 is 2.57 bits per heavy atom. The van der Waals surface area contributed by atoms with Crippen LogP contribution in [0, 0.1) is 0 Å². The molecule has 3 nitrogen and oxygen atoms in total. The van der Waals surface area contributed by atoms with Crippen molar-refractivity contribution in [2.45, 2.75) is 57.6 Å². The van der Waals surface area contributed by atoms with Crippen LogP contribution in [0.1, 0.15) is 56.0 Å². The summed E-state index contributed by atoms with van der Waals surface area (Å²) in [5, 5.41) is 0. The summed E-state index contributed by atoms with van der Waals surface area (Å²) in [6.07, 6.45) is 3.60. The Balaban J connectivity index is 1.78. The maximum absolute atomic E-state index is 12.8. The molecule has 3 rings (SSSR count). The number of rotatable bonds is 1. The number of ether oxygens (including phenoxy) is 1. The first kappa shape index (κ1) is 14.6. The van der Waals surface area contributed by atoms with Gasteiger partial charge in [0.25, 0.3) is 5.91 Å². The molecular weight excluding hydrogens is 262 g/mol. The van der Waals surface area contributed by atoms with Crippen molar-refractivity contribution in [2.24, 2.45) is 0 Å². The van der Waals surface area contributed by atoms with Crippen LogP contribution in [0.4, 0.5) is 0 Å². The van der Waals surface area contributed by atoms with Crippen molar-refractivity contribution >= 4 is 5.91 Å². The van der Waals surface area contributed by atoms with Gasteiger partial charge in [-0.25, -0.2) is 0 Å². The van der Waals surface area contributed by atoms with Gasteiger partial charge in [-0.15, -0.1) is 0 Å². The SMILES string of the molecule is CC(C)(C)c1ccc(C(=O)N2CCO[C@H]3CCC[C@@H]32)cc1. The summed E-state index contributed by atoms with van der Waals surface area (Å²) >= 11 is 0. The molecule has 1 aromatic rings. The number of hydrogen-bond donors (Lipinski definition) is 0. The van der Waals surface area contributed by atoms with E-state index in [1.807, 2.05) is 17.0 Å². The summed E-state index contributed by atoms with van der Waals surface area (Å²) < 4.78 is 5.79. The van der Waals surface area contributed by atoms with Gasteiger partial charge in [-0.05, 0) is 42.4 Å². The summed E-state index contributed by atoms with van der Waals surface area (Å²) in [6, 6.07) is 8.40. The molecule has 114 valence electrons. The summed E-state index contributed by atoms with van der Waals surface area (Å²) in [7, 11) is 0. The largest absolute Gasteiger partial charge is 0.374 e. The van der Waals surface area contributed by atoms with E-state index < -0.39 is 0 Å². The molecule has 1 saturated heterocycles. The van der Waals surface area contributed by atoms with Gasteiger partial charge in [-0.2, -0.15) is 0 Å². The number of morpholine rings is 1. The fourth-order valence-corrected chi connectivity index (χ4v) is 3.46. The standard InChI is InChI=1S/C18H25NO2/c1-18(2,3)14-9-7-13(8-10-14)17(20)19-11-12-21-16-6-4-5-15(16)19/h7-10,15-16H,4-6,11-12H2,1-3H3/t15-,16-/m0/s1. The topological polar surface area (TPSA) is 29.5 Å². The Labute approximate surface area is 127 Å². The van der Waals surface area contributed by atoms with Gasteiger partial charge in [0, 0.05) is 12.1 Å². The van der Waals surface area contributed by atoms with Crippen molar-refractivity contribution in [3.05, 3.63) is 35.4 Å². The van der Waals surface area contributed by atoms with E-state index >= 15 is 0 Å². The summed E-state index contributed by atoms with van der Waals surface area (Å²) in [5.74, 6) is 0.163. The molecule has 1 aliphatic heterocycles. The molecule has 1 aromatic carbocycles. The van der Waals surface area contributed by atoms with Crippen LogP contribution in [0.3, 0.4) is 0 Å². The lowest BCUT2D eigenvalue weighted by Crippen LogP contribution is -2.51. The number of carbonyl (C=O) groups excluding carboxylic acids is 1. The molecule has 0 spiro atoms. The first-order valence-electron chi connectivity index (χ1n) is 8.00. The van der Waals surface area contributed by atoms with Crippen LogP contribution < -0.4 is 0 Å². The second kappa shape index (κ2) is 5.45. The minimum Gasteiger partial charge on any atom is -0.374 e. The smallest absolute Gasteiger partial charge is 0.254 e. The van der Waals surface area contributed by atoms with Crippen molar-refractivity contribution in [2.75, 3.05) is 13.2 Å². The zero-order valence-electron chi connectivity index (χ0n) is 13.3. The maximum Gasteiger partial charge on any atom is 0.254 e. The van der Waals surface area contributed by atoms with Gasteiger partial charge >= 0.3 is 0 Å². The van der Waals surface area contributed by atoms with Crippen molar-refractivity contribution in [3.8, 4) is 0 Å². The van der Waals surface area contributed by atoms with Gasteiger partial charge in [-0.3, -0.25) is 4.79 Å². The van der Waals surface area contributed by atoms with Gasteiger partial charge in [0.2, 0.25) is 0 Å². The van der Waals surface area contributed by atoms with Gasteiger partial charge in [-0.1, -0.05) is 32.9 Å². The van der Waals surface area contributed by atoms with Crippen LogP contribution >= 0.6 is 0 Å². The second-order valence-corrected chi connectivity index (χ2v) is 7.23. The minimum atomic E-state index is 0.122. The number of carbonyl (C=O) groups is 1. The first-order chi connectivity index (χ1) is 9.97. The average Bonchev–Trinajstić information content (AvgIpc) is 2.94. The molecule has 2 aliphatic rings. The van der Waals surface area contributed by atoms with Crippen LogP contribution in [0.5, 0.6) is 0 Å². The lowest BCUT2D eigenvalue weighted by Gasteiger charge is -2.37. The van der Waals surface area contributed by atoms with Crippen LogP contribution in [-0.4, -0.2) is 36.1 Å². The lowest BCUT2D eigenvalue weighted by molar-refractivity contribution is -0.0445. The highest BCUT2D eigenvalue weighted by atomic mass is 16.5. The first-order valence-corrected chi connectivity index (χ1v) is 8.00. The normalized spacial score (nSPS) is 25.8. The molecule has 2 fully saturated rings. The van der Waals surface area contributed by atoms with Gasteiger partial charge in [0.1, 0.15) is 0 Å². The number of nitrogens with zero attached hydrogens (tertiary/aromatic N) is 1. The molecule has 1 amide bonds.